The highest BCUT2D eigenvalue weighted by molar-refractivity contribution is 5.82. The van der Waals surface area contributed by atoms with E-state index < -0.39 is 36.7 Å². The molecule has 0 amide bonds. The molecule has 0 aromatic heterocycles. The van der Waals surface area contributed by atoms with Crippen molar-refractivity contribution < 1.29 is 29.7 Å². The van der Waals surface area contributed by atoms with Crippen LogP contribution in [0.15, 0.2) is 0 Å². The number of aliphatic carboxylic acids is 3. The lowest BCUT2D eigenvalue weighted by Gasteiger charge is -2.31. The van der Waals surface area contributed by atoms with E-state index in [1.807, 2.05) is 0 Å². The van der Waals surface area contributed by atoms with Crippen LogP contribution in [0.4, 0.5) is 0 Å². The minimum Gasteiger partial charge on any atom is -0.481 e. The molecule has 0 aromatic carbocycles. The van der Waals surface area contributed by atoms with Crippen LogP contribution in [0.2, 0.25) is 0 Å². The van der Waals surface area contributed by atoms with Gasteiger partial charge >= 0.3 is 17.9 Å². The van der Waals surface area contributed by atoms with Crippen molar-refractivity contribution in [2.45, 2.75) is 305 Å². The van der Waals surface area contributed by atoms with Gasteiger partial charge in [-0.15, -0.1) is 0 Å². The number of unbranched alkanes of at least 4 members (excludes halogenated alkanes) is 21. The van der Waals surface area contributed by atoms with Gasteiger partial charge in [0, 0.05) is 0 Å². The van der Waals surface area contributed by atoms with Crippen molar-refractivity contribution in [2.24, 2.45) is 76.4 Å². The predicted octanol–water partition coefficient (Wildman–Crippen LogP) is 17.4. The fourth-order valence-corrected chi connectivity index (χ4v) is 12.2. The summed E-state index contributed by atoms with van der Waals surface area (Å²) in [4.78, 5) is 30.3. The van der Waals surface area contributed by atoms with Crippen LogP contribution < -0.4 is 17.2 Å². The molecule has 9 nitrogen and oxygen atoms in total. The van der Waals surface area contributed by atoms with E-state index in [-0.39, 0.29) is 0 Å². The maximum absolute atomic E-state index is 10.2. The van der Waals surface area contributed by atoms with Gasteiger partial charge in [0.15, 0.2) is 0 Å². The van der Waals surface area contributed by atoms with E-state index in [9.17, 15) is 14.4 Å². The molecule has 9 N–H and O–H groups in total. The van der Waals surface area contributed by atoms with Gasteiger partial charge in [0.25, 0.3) is 0 Å². The standard InChI is InChI=1S/3C19H39N.C6H8O6/c3*1-17(2)19-14-11-13-18(16-19)12-9-7-5-3-4-6-8-10-15-20;7-4(8)1-3(6(11)12)2-5(9)10/h3*17-19H,3-16,20H2,1-2H3;3H,1-2H2,(H,7,8)(H,9,10)(H,11,12). The predicted molar refractivity (Wildman–Crippen MR) is 308 cm³/mol. The van der Waals surface area contributed by atoms with Gasteiger partial charge in [0.05, 0.1) is 18.8 Å². The summed E-state index contributed by atoms with van der Waals surface area (Å²) < 4.78 is 0. The fraction of sp³-hybridized carbons (Fsp3) is 0.952. The first-order valence-electron chi connectivity index (χ1n) is 31.4. The highest BCUT2D eigenvalue weighted by Crippen LogP contribution is 2.38. The number of carboxylic acids is 3. The number of carboxylic acid groups (broad SMARTS) is 3. The zero-order valence-electron chi connectivity index (χ0n) is 48.7. The highest BCUT2D eigenvalue weighted by atomic mass is 16.4. The molecular formula is C63H125N3O6. The summed E-state index contributed by atoms with van der Waals surface area (Å²) in [6, 6.07) is 0. The third kappa shape index (κ3) is 42.5. The topological polar surface area (TPSA) is 190 Å². The molecule has 0 aliphatic heterocycles. The molecule has 3 aliphatic rings. The van der Waals surface area contributed by atoms with Crippen LogP contribution >= 0.6 is 0 Å². The SMILES string of the molecule is CC(C)C1CCCC(CCCCCCCCCCN)C1.CC(C)C1CCCC(CCCCCCCCCCN)C1.CC(C)C1CCCC(CCCCCCCCCCN)C1.O=C(O)CC(CC(=O)O)C(=O)O. The van der Waals surface area contributed by atoms with Gasteiger partial charge in [0.2, 0.25) is 0 Å². The maximum atomic E-state index is 10.2. The summed E-state index contributed by atoms with van der Waals surface area (Å²) >= 11 is 0. The first kappa shape index (κ1) is 70.3. The van der Waals surface area contributed by atoms with E-state index in [0.717, 1.165) is 72.9 Å². The van der Waals surface area contributed by atoms with Crippen molar-refractivity contribution in [3.8, 4) is 0 Å². The van der Waals surface area contributed by atoms with Crippen LogP contribution in [0, 0.1) is 59.2 Å². The van der Waals surface area contributed by atoms with Crippen molar-refractivity contribution in [3.63, 3.8) is 0 Å². The van der Waals surface area contributed by atoms with Crippen LogP contribution in [0.25, 0.3) is 0 Å². The van der Waals surface area contributed by atoms with Crippen LogP contribution in [-0.4, -0.2) is 52.9 Å². The molecule has 0 radical (unpaired) electrons. The Hall–Kier alpha value is -1.71. The highest BCUT2D eigenvalue weighted by Gasteiger charge is 2.26. The Morgan fingerprint density at radius 1 is 0.361 bits per heavy atom. The molecule has 6 unspecified atom stereocenters. The molecule has 3 aliphatic carbocycles. The van der Waals surface area contributed by atoms with Gasteiger partial charge in [-0.1, -0.05) is 253 Å². The second-order valence-corrected chi connectivity index (χ2v) is 24.6. The Labute approximate surface area is 446 Å². The number of carbonyl (C=O) groups is 3. The van der Waals surface area contributed by atoms with Crippen molar-refractivity contribution in [1.29, 1.82) is 0 Å². The van der Waals surface area contributed by atoms with Gasteiger partial charge in [-0.3, -0.25) is 14.4 Å². The minimum atomic E-state index is -1.40. The van der Waals surface area contributed by atoms with Crippen molar-refractivity contribution in [1.82, 2.24) is 0 Å². The normalized spacial score (nSPS) is 21.1. The second-order valence-electron chi connectivity index (χ2n) is 24.6. The number of hydrogen-bond acceptors (Lipinski definition) is 6. The first-order chi connectivity index (χ1) is 34.6. The van der Waals surface area contributed by atoms with Gasteiger partial charge in [-0.2, -0.15) is 0 Å². The molecule has 0 aromatic rings. The molecule has 9 heteroatoms. The fourth-order valence-electron chi connectivity index (χ4n) is 12.2. The minimum absolute atomic E-state index is 0.665. The average molecular weight is 1020 g/mol. The Kier molecular flexibility index (Phi) is 47.7. The van der Waals surface area contributed by atoms with Gasteiger partial charge in [-0.25, -0.2) is 0 Å². The van der Waals surface area contributed by atoms with Crippen LogP contribution in [0.5, 0.6) is 0 Å². The van der Waals surface area contributed by atoms with Crippen LogP contribution in [-0.2, 0) is 14.4 Å². The zero-order chi connectivity index (χ0) is 53.6. The quantitative estimate of drug-likeness (QED) is 0.0327. The first-order valence-corrected chi connectivity index (χ1v) is 31.4. The summed E-state index contributed by atoms with van der Waals surface area (Å²) in [5.41, 5.74) is 16.5. The molecule has 6 atom stereocenters. The molecule has 3 rings (SSSR count). The van der Waals surface area contributed by atoms with E-state index in [1.54, 1.807) is 0 Å². The molecule has 0 spiro atoms. The zero-order valence-corrected chi connectivity index (χ0v) is 48.7. The van der Waals surface area contributed by atoms with Crippen LogP contribution in [0.1, 0.15) is 305 Å². The van der Waals surface area contributed by atoms with E-state index in [4.69, 9.17) is 32.5 Å². The molecule has 3 saturated carbocycles. The lowest BCUT2D eigenvalue weighted by molar-refractivity contribution is -0.152. The molecule has 428 valence electrons. The largest absolute Gasteiger partial charge is 0.481 e. The molecule has 0 bridgehead atoms. The Morgan fingerprint density at radius 3 is 0.778 bits per heavy atom. The van der Waals surface area contributed by atoms with Crippen molar-refractivity contribution in [3.05, 3.63) is 0 Å². The lowest BCUT2D eigenvalue weighted by Crippen LogP contribution is -2.20. The molecule has 3 fully saturated rings. The molecule has 0 saturated heterocycles. The van der Waals surface area contributed by atoms with Crippen LogP contribution in [0.3, 0.4) is 0 Å². The van der Waals surface area contributed by atoms with E-state index in [0.29, 0.717) is 0 Å². The van der Waals surface area contributed by atoms with Crippen molar-refractivity contribution in [2.75, 3.05) is 19.6 Å². The third-order valence-electron chi connectivity index (χ3n) is 17.2. The summed E-state index contributed by atoms with van der Waals surface area (Å²) in [5, 5.41) is 24.7. The lowest BCUT2D eigenvalue weighted by atomic mass is 9.74. The monoisotopic (exact) mass is 1020 g/mol. The number of nitrogens with two attached hydrogens (primary N) is 3. The molecular weight excluding hydrogens is 895 g/mol. The van der Waals surface area contributed by atoms with E-state index >= 15 is 0 Å². The Bertz CT molecular complexity index is 1100. The van der Waals surface area contributed by atoms with Gasteiger partial charge in [0.1, 0.15) is 0 Å². The summed E-state index contributed by atoms with van der Waals surface area (Å²) in [6.07, 6.45) is 55.1. The van der Waals surface area contributed by atoms with E-state index in [2.05, 4.69) is 41.5 Å². The summed E-state index contributed by atoms with van der Waals surface area (Å²) in [6.45, 7) is 17.1. The Morgan fingerprint density at radius 2 is 0.583 bits per heavy atom. The average Bonchev–Trinajstić information content (AvgIpc) is 3.35. The summed E-state index contributed by atoms with van der Waals surface area (Å²) in [7, 11) is 0. The molecule has 72 heavy (non-hydrogen) atoms. The molecule has 0 heterocycles. The second kappa shape index (κ2) is 48.9. The number of hydrogen-bond donors (Lipinski definition) is 6. The van der Waals surface area contributed by atoms with E-state index in [1.165, 1.54) is 250 Å². The third-order valence-corrected chi connectivity index (χ3v) is 17.2. The maximum Gasteiger partial charge on any atom is 0.307 e. The van der Waals surface area contributed by atoms with Gasteiger partial charge in [-0.05, 0) is 111 Å². The Balaban J connectivity index is 0.000000949. The number of rotatable bonds is 38. The smallest absolute Gasteiger partial charge is 0.307 e. The van der Waals surface area contributed by atoms with Gasteiger partial charge < -0.3 is 32.5 Å². The van der Waals surface area contributed by atoms with Crippen molar-refractivity contribution >= 4 is 17.9 Å². The summed E-state index contributed by atoms with van der Waals surface area (Å²) in [5.74, 6) is 3.59.